The van der Waals surface area contributed by atoms with Crippen LogP contribution in [0.25, 0.3) is 0 Å². The number of furan rings is 1. The number of nitrogens with one attached hydrogen (secondary N) is 2. The molecule has 0 unspecified atom stereocenters. The van der Waals surface area contributed by atoms with Crippen molar-refractivity contribution in [3.8, 4) is 0 Å². The van der Waals surface area contributed by atoms with Crippen LogP contribution in [0.2, 0.25) is 0 Å². The molecule has 0 spiro atoms. The Balaban J connectivity index is 1.58. The molecule has 1 heterocycles. The number of hydrogen-bond donors (Lipinski definition) is 2. The Morgan fingerprint density at radius 2 is 1.76 bits per heavy atom. The lowest BCUT2D eigenvalue weighted by Crippen LogP contribution is -2.22. The number of anilines is 1. The van der Waals surface area contributed by atoms with Crippen LogP contribution in [0.4, 0.5) is 5.69 Å². The molecule has 0 bridgehead atoms. The largest absolute Gasteiger partial charge is 0.465 e. The Labute approximate surface area is 204 Å². The maximum Gasteiger partial charge on any atom is 0.339 e. The molecule has 0 fully saturated rings. The van der Waals surface area contributed by atoms with Gasteiger partial charge in [-0.1, -0.05) is 28.1 Å². The van der Waals surface area contributed by atoms with Crippen LogP contribution in [-0.2, 0) is 11.2 Å². The van der Waals surface area contributed by atoms with E-state index < -0.39 is 11.9 Å². The molecule has 1 aliphatic carbocycles. The Bertz CT molecular complexity index is 1290. The van der Waals surface area contributed by atoms with Gasteiger partial charge in [0.25, 0.3) is 11.8 Å². The SMILES string of the molecule is COC(=O)c1ccccc1NC(=O)c1oc2c(c1C)/C(=N/NC(=O)c1ccc(Br)cc1)CCC2. The number of benzene rings is 2. The first-order chi connectivity index (χ1) is 16.4. The quantitative estimate of drug-likeness (QED) is 0.366. The third-order valence-corrected chi connectivity index (χ3v) is 6.04. The summed E-state index contributed by atoms with van der Waals surface area (Å²) in [5, 5.41) is 7.08. The second kappa shape index (κ2) is 10.0. The molecule has 8 nitrogen and oxygen atoms in total. The molecule has 34 heavy (non-hydrogen) atoms. The van der Waals surface area contributed by atoms with Gasteiger partial charge in [0.2, 0.25) is 0 Å². The number of ether oxygens (including phenoxy) is 1. The minimum Gasteiger partial charge on any atom is -0.465 e. The lowest BCUT2D eigenvalue weighted by atomic mass is 9.93. The van der Waals surface area contributed by atoms with Crippen LogP contribution in [-0.4, -0.2) is 30.6 Å². The number of hydrogen-bond acceptors (Lipinski definition) is 6. The molecule has 174 valence electrons. The Kier molecular flexibility index (Phi) is 6.93. The van der Waals surface area contributed by atoms with Crippen molar-refractivity contribution in [2.75, 3.05) is 12.4 Å². The first-order valence-corrected chi connectivity index (χ1v) is 11.4. The molecule has 1 aromatic heterocycles. The third-order valence-electron chi connectivity index (χ3n) is 5.51. The van der Waals surface area contributed by atoms with Gasteiger partial charge in [-0.25, -0.2) is 10.2 Å². The molecule has 4 rings (SSSR count). The Hall–Kier alpha value is -3.72. The summed E-state index contributed by atoms with van der Waals surface area (Å²) in [5.41, 5.74) is 5.66. The average molecular weight is 524 g/mol. The highest BCUT2D eigenvalue weighted by Gasteiger charge is 2.28. The highest BCUT2D eigenvalue weighted by Crippen LogP contribution is 2.30. The van der Waals surface area contributed by atoms with Crippen LogP contribution < -0.4 is 10.7 Å². The number of aryl methyl sites for hydroxylation is 1. The molecular weight excluding hydrogens is 502 g/mol. The van der Waals surface area contributed by atoms with Crippen molar-refractivity contribution in [1.82, 2.24) is 5.43 Å². The molecule has 0 radical (unpaired) electrons. The topological polar surface area (TPSA) is 110 Å². The summed E-state index contributed by atoms with van der Waals surface area (Å²) in [5.74, 6) is -0.584. The summed E-state index contributed by atoms with van der Waals surface area (Å²) < 4.78 is 11.6. The van der Waals surface area contributed by atoms with Crippen molar-refractivity contribution in [3.05, 3.63) is 86.8 Å². The van der Waals surface area contributed by atoms with E-state index in [2.05, 4.69) is 31.8 Å². The minimum atomic E-state index is -0.553. The second-order valence-corrected chi connectivity index (χ2v) is 8.62. The van der Waals surface area contributed by atoms with Crippen LogP contribution in [0, 0.1) is 6.92 Å². The van der Waals surface area contributed by atoms with Gasteiger partial charge in [-0.2, -0.15) is 5.10 Å². The molecule has 0 saturated heterocycles. The smallest absolute Gasteiger partial charge is 0.339 e. The maximum absolute atomic E-state index is 13.0. The zero-order valence-electron chi connectivity index (χ0n) is 18.6. The predicted octanol–water partition coefficient (Wildman–Crippen LogP) is 4.86. The Morgan fingerprint density at radius 3 is 2.50 bits per heavy atom. The van der Waals surface area contributed by atoms with Gasteiger partial charge in [0.05, 0.1) is 24.1 Å². The van der Waals surface area contributed by atoms with Gasteiger partial charge in [-0.15, -0.1) is 0 Å². The number of carbonyl (C=O) groups is 3. The normalized spacial score (nSPS) is 13.8. The lowest BCUT2D eigenvalue weighted by molar-refractivity contribution is 0.0601. The molecule has 2 aromatic carbocycles. The Morgan fingerprint density at radius 1 is 1.03 bits per heavy atom. The molecule has 0 saturated carbocycles. The van der Waals surface area contributed by atoms with E-state index in [1.165, 1.54) is 7.11 Å². The van der Waals surface area contributed by atoms with Gasteiger partial charge >= 0.3 is 5.97 Å². The van der Waals surface area contributed by atoms with E-state index in [0.29, 0.717) is 41.1 Å². The van der Waals surface area contributed by atoms with Crippen molar-refractivity contribution in [2.45, 2.75) is 26.2 Å². The molecule has 0 atom stereocenters. The van der Waals surface area contributed by atoms with Gasteiger partial charge in [0.15, 0.2) is 5.76 Å². The summed E-state index contributed by atoms with van der Waals surface area (Å²) in [7, 11) is 1.28. The van der Waals surface area contributed by atoms with E-state index in [0.717, 1.165) is 16.5 Å². The van der Waals surface area contributed by atoms with Crippen LogP contribution in [0.15, 0.2) is 62.5 Å². The molecule has 0 aliphatic heterocycles. The van der Waals surface area contributed by atoms with Crippen LogP contribution in [0.1, 0.15) is 61.0 Å². The van der Waals surface area contributed by atoms with Crippen LogP contribution >= 0.6 is 15.9 Å². The number of para-hydroxylation sites is 1. The first-order valence-electron chi connectivity index (χ1n) is 10.6. The number of methoxy groups -OCH3 is 1. The summed E-state index contributed by atoms with van der Waals surface area (Å²) in [6.45, 7) is 1.78. The predicted molar refractivity (Wildman–Crippen MR) is 130 cm³/mol. The van der Waals surface area contributed by atoms with E-state index in [9.17, 15) is 14.4 Å². The van der Waals surface area contributed by atoms with Crippen LogP contribution in [0.5, 0.6) is 0 Å². The summed E-state index contributed by atoms with van der Waals surface area (Å²) in [6.07, 6.45) is 2.07. The highest BCUT2D eigenvalue weighted by atomic mass is 79.9. The number of esters is 1. The first kappa shape index (κ1) is 23.4. The third kappa shape index (κ3) is 4.79. The molecule has 1 aliphatic rings. The zero-order chi connectivity index (χ0) is 24.2. The van der Waals surface area contributed by atoms with Gasteiger partial charge in [0, 0.05) is 27.6 Å². The molecular formula is C25H22BrN3O5. The number of nitrogens with zero attached hydrogens (tertiary/aromatic N) is 1. The number of carbonyl (C=O) groups excluding carboxylic acids is 3. The number of halogens is 1. The number of amides is 2. The van der Waals surface area contributed by atoms with E-state index in [-0.39, 0.29) is 17.2 Å². The van der Waals surface area contributed by atoms with Crippen molar-refractivity contribution >= 4 is 45.1 Å². The molecule has 2 N–H and O–H groups in total. The standard InChI is InChI=1S/C25H22BrN3O5/c1-14-21-19(28-29-23(30)15-10-12-16(26)13-11-15)8-5-9-20(21)34-22(14)24(31)27-18-7-4-3-6-17(18)25(32)33-2/h3-4,6-7,10-13H,5,8-9H2,1-2H3,(H,27,31)(H,29,30)/b28-19+. The van der Waals surface area contributed by atoms with E-state index in [1.807, 2.05) is 0 Å². The summed E-state index contributed by atoms with van der Waals surface area (Å²) in [6, 6.07) is 13.5. The van der Waals surface area contributed by atoms with E-state index >= 15 is 0 Å². The fourth-order valence-electron chi connectivity index (χ4n) is 3.84. The lowest BCUT2D eigenvalue weighted by Gasteiger charge is -2.13. The fraction of sp³-hybridized carbons (Fsp3) is 0.200. The number of hydrazone groups is 1. The second-order valence-electron chi connectivity index (χ2n) is 7.71. The van der Waals surface area contributed by atoms with E-state index in [1.54, 1.807) is 55.5 Å². The van der Waals surface area contributed by atoms with Gasteiger partial charge in [-0.3, -0.25) is 9.59 Å². The fourth-order valence-corrected chi connectivity index (χ4v) is 4.10. The molecule has 9 heteroatoms. The van der Waals surface area contributed by atoms with Crippen molar-refractivity contribution < 1.29 is 23.5 Å². The molecule has 2 amide bonds. The monoisotopic (exact) mass is 523 g/mol. The minimum absolute atomic E-state index is 0.138. The van der Waals surface area contributed by atoms with Gasteiger partial charge < -0.3 is 14.5 Å². The zero-order valence-corrected chi connectivity index (χ0v) is 20.2. The number of rotatable bonds is 5. The van der Waals surface area contributed by atoms with Crippen molar-refractivity contribution in [2.24, 2.45) is 5.10 Å². The van der Waals surface area contributed by atoms with Gasteiger partial charge in [0.1, 0.15) is 5.76 Å². The van der Waals surface area contributed by atoms with Gasteiger partial charge in [-0.05, 0) is 56.2 Å². The molecule has 3 aromatic rings. The van der Waals surface area contributed by atoms with Crippen LogP contribution in [0.3, 0.4) is 0 Å². The summed E-state index contributed by atoms with van der Waals surface area (Å²) in [4.78, 5) is 37.5. The average Bonchev–Trinajstić information content (AvgIpc) is 3.20. The summed E-state index contributed by atoms with van der Waals surface area (Å²) >= 11 is 3.35. The maximum atomic E-state index is 13.0. The van der Waals surface area contributed by atoms with Crippen molar-refractivity contribution in [1.29, 1.82) is 0 Å². The number of fused-ring (bicyclic) bond motifs is 1. The highest BCUT2D eigenvalue weighted by molar-refractivity contribution is 9.10. The van der Waals surface area contributed by atoms with E-state index in [4.69, 9.17) is 9.15 Å². The van der Waals surface area contributed by atoms with Crippen molar-refractivity contribution in [3.63, 3.8) is 0 Å².